The van der Waals surface area contributed by atoms with Crippen LogP contribution in [-0.4, -0.2) is 33.9 Å². The largest absolute Gasteiger partial charge is 0.457 e. The van der Waals surface area contributed by atoms with Crippen molar-refractivity contribution in [3.05, 3.63) is 385 Å². The van der Waals surface area contributed by atoms with Gasteiger partial charge in [-0.3, -0.25) is 19.6 Å². The standard InChI is InChI=1S/C31H26F6O2.C31H32O2.C24H22O2.C8H12N2.C8H12S/c1-19-5-11-27(17-21(19)3)38-25-13-7-23(8-14-25)29(30(32,33)34,31(35,36)37)24-9-15-26(16-10-24)39-28-12-6-20(2)22(4)18-28;1-21-7-13-29(19-23(21)3)32-27-15-9-25(10-16-27)31(5,6)26-11-17-28(18-12-26)33-30-14-8-22(2)24(4)20-30;1-15-12-16(2)14-21(13-15)23(25)19-8-10-20(11-9-19)24(26)22-7-5-6-17(3)18(22)4;1-5-6(2)10-8(4)7(3)9-5;1-5-6(2)8(4)9-7(5)3/h5-18H,1-4H3;7-20H,1-6H3;5-14H,1-4H3;1-4H3;1-4H3. The summed E-state index contributed by atoms with van der Waals surface area (Å²) in [5, 5.41) is 0. The summed E-state index contributed by atoms with van der Waals surface area (Å²) >= 11 is 1.90. The molecule has 0 N–H and O–H groups in total. The minimum Gasteiger partial charge on any atom is -0.457 e. The molecule has 0 amide bonds. The third-order valence-corrected chi connectivity index (χ3v) is 23.0. The van der Waals surface area contributed by atoms with Crippen LogP contribution in [-0.2, 0) is 10.8 Å². The lowest BCUT2D eigenvalue weighted by Gasteiger charge is -2.38. The summed E-state index contributed by atoms with van der Waals surface area (Å²) in [6.07, 6.45) is -11.4. The minimum absolute atomic E-state index is 0.0170. The molecule has 0 bridgehead atoms. The quantitative estimate of drug-likeness (QED) is 0.0697. The molecule has 0 spiro atoms. The molecule has 15 heteroatoms. The number of carbonyl (C=O) groups excluding carboxylic acids is 2. The maximum absolute atomic E-state index is 14.5. The monoisotopic (exact) mass is 1600 g/mol. The molecule has 13 rings (SSSR count). The van der Waals surface area contributed by atoms with Crippen LogP contribution in [0.2, 0.25) is 0 Å². The fraction of sp³-hybridized carbons (Fsp3) is 0.255. The van der Waals surface area contributed by atoms with E-state index in [1.165, 1.54) is 54.3 Å². The van der Waals surface area contributed by atoms with E-state index in [1.807, 2.05) is 179 Å². The molecule has 8 nitrogen and oxygen atoms in total. The van der Waals surface area contributed by atoms with Crippen LogP contribution in [0, 0.1) is 138 Å². The molecule has 0 saturated heterocycles. The lowest BCUT2D eigenvalue weighted by molar-refractivity contribution is -0.288. The maximum Gasteiger partial charge on any atom is 0.411 e. The molecule has 11 aromatic carbocycles. The Bertz CT molecular complexity index is 5360. The first kappa shape index (κ1) is 89.3. The summed E-state index contributed by atoms with van der Waals surface area (Å²) in [6, 6.07) is 65.7. The first-order valence-electron chi connectivity index (χ1n) is 38.8. The number of aromatic nitrogens is 2. The van der Waals surface area contributed by atoms with Gasteiger partial charge in [0.1, 0.15) is 46.0 Å². The molecule has 0 fully saturated rings. The van der Waals surface area contributed by atoms with Crippen molar-refractivity contribution in [3.63, 3.8) is 0 Å². The molecule has 0 aliphatic heterocycles. The summed E-state index contributed by atoms with van der Waals surface area (Å²) in [4.78, 5) is 37.0. The zero-order chi connectivity index (χ0) is 85.8. The molecule has 0 aliphatic rings. The molecule has 0 radical (unpaired) electrons. The van der Waals surface area contributed by atoms with E-state index in [0.717, 1.165) is 139 Å². The highest BCUT2D eigenvalue weighted by molar-refractivity contribution is 7.12. The zero-order valence-corrected chi connectivity index (χ0v) is 71.8. The van der Waals surface area contributed by atoms with E-state index in [9.17, 15) is 35.9 Å². The normalized spacial score (nSPS) is 11.3. The fourth-order valence-corrected chi connectivity index (χ4v) is 14.2. The highest BCUT2D eigenvalue weighted by atomic mass is 32.1. The molecule has 0 atom stereocenters. The Kier molecular flexibility index (Phi) is 28.9. The predicted molar refractivity (Wildman–Crippen MR) is 464 cm³/mol. The zero-order valence-electron chi connectivity index (χ0n) is 71.0. The van der Waals surface area contributed by atoms with Gasteiger partial charge in [-0.2, -0.15) is 26.3 Å². The van der Waals surface area contributed by atoms with Crippen LogP contribution in [0.5, 0.6) is 46.0 Å². The maximum atomic E-state index is 14.5. The number of hydrogen-bond acceptors (Lipinski definition) is 9. The number of hydrogen-bond donors (Lipinski definition) is 0. The van der Waals surface area contributed by atoms with Crippen molar-refractivity contribution >= 4 is 22.9 Å². The highest BCUT2D eigenvalue weighted by Gasteiger charge is 2.72. The Labute approximate surface area is 690 Å². The summed E-state index contributed by atoms with van der Waals surface area (Å²) in [5.41, 5.74) is 18.9. The van der Waals surface area contributed by atoms with Gasteiger partial charge < -0.3 is 18.9 Å². The van der Waals surface area contributed by atoms with Crippen molar-refractivity contribution in [2.24, 2.45) is 0 Å². The summed E-state index contributed by atoms with van der Waals surface area (Å²) in [6.45, 7) is 45.0. The van der Waals surface area contributed by atoms with Gasteiger partial charge in [-0.1, -0.05) is 146 Å². The number of aryl methyl sites for hydroxylation is 17. The topological polar surface area (TPSA) is 96.8 Å². The Morgan fingerprint density at radius 2 is 0.564 bits per heavy atom. The lowest BCUT2D eigenvalue weighted by atomic mass is 9.73. The van der Waals surface area contributed by atoms with Gasteiger partial charge in [0.25, 0.3) is 0 Å². The fourth-order valence-electron chi connectivity index (χ4n) is 13.2. The molecular formula is C102H104F6N2O6S. The number of rotatable bonds is 16. The van der Waals surface area contributed by atoms with Crippen LogP contribution < -0.4 is 18.9 Å². The number of alkyl halides is 6. The van der Waals surface area contributed by atoms with Crippen molar-refractivity contribution in [2.45, 2.75) is 176 Å². The van der Waals surface area contributed by atoms with Crippen molar-refractivity contribution in [1.29, 1.82) is 0 Å². The van der Waals surface area contributed by atoms with E-state index >= 15 is 0 Å². The summed E-state index contributed by atoms with van der Waals surface area (Å²) in [7, 11) is 0. The first-order chi connectivity index (χ1) is 55.0. The molecule has 0 unspecified atom stereocenters. The summed E-state index contributed by atoms with van der Waals surface area (Å²) in [5.74, 6) is 4.43. The Balaban J connectivity index is 0.000000181. The van der Waals surface area contributed by atoms with Crippen LogP contribution in [0.4, 0.5) is 26.3 Å². The Morgan fingerprint density at radius 3 is 0.838 bits per heavy atom. The predicted octanol–water partition coefficient (Wildman–Crippen LogP) is 28.8. The minimum atomic E-state index is -5.70. The van der Waals surface area contributed by atoms with Crippen LogP contribution in [0.3, 0.4) is 0 Å². The molecule has 13 aromatic rings. The first-order valence-corrected chi connectivity index (χ1v) is 39.6. The Hall–Kier alpha value is -11.7. The average Bonchev–Trinajstić information content (AvgIpc) is 1.09. The third kappa shape index (κ3) is 22.1. The number of halogens is 6. The third-order valence-electron chi connectivity index (χ3n) is 21.8. The number of carbonyl (C=O) groups is 2. The van der Waals surface area contributed by atoms with E-state index in [2.05, 4.69) is 128 Å². The second-order valence-electron chi connectivity index (χ2n) is 30.7. The Morgan fingerprint density at radius 1 is 0.282 bits per heavy atom. The van der Waals surface area contributed by atoms with E-state index in [0.29, 0.717) is 33.8 Å². The van der Waals surface area contributed by atoms with Gasteiger partial charge in [0.2, 0.25) is 5.41 Å². The lowest BCUT2D eigenvalue weighted by Crippen LogP contribution is -2.54. The molecule has 0 saturated carbocycles. The van der Waals surface area contributed by atoms with Crippen molar-refractivity contribution < 1.29 is 54.9 Å². The van der Waals surface area contributed by atoms with Gasteiger partial charge in [-0.15, -0.1) is 11.3 Å². The van der Waals surface area contributed by atoms with Crippen molar-refractivity contribution in [3.8, 4) is 46.0 Å². The molecular weight excluding hydrogens is 1500 g/mol. The molecule has 2 heterocycles. The summed E-state index contributed by atoms with van der Waals surface area (Å²) < 4.78 is 111. The SMILES string of the molecule is Cc1cc(C)cc(C(=O)c2ccc(C(=O)c3cccc(C)c3C)cc2)c1.Cc1ccc(Oc2ccc(C(C)(C)c3ccc(Oc4ccc(C)c(C)c4)cc3)cc2)cc1C.Cc1ccc(Oc2ccc(C(c3ccc(Oc4ccc(C)c(C)c4)cc3)(C(F)(F)F)C(F)(F)F)cc2)cc1C.Cc1nc(C)c(C)nc1C.Cc1sc(C)c(C)c1C. The molecule has 0 aliphatic carbocycles. The second kappa shape index (κ2) is 37.9. The van der Waals surface area contributed by atoms with Crippen molar-refractivity contribution in [1.82, 2.24) is 9.97 Å². The van der Waals surface area contributed by atoms with Crippen LogP contribution in [0.1, 0.15) is 178 Å². The number of ketones is 2. The van der Waals surface area contributed by atoms with Crippen molar-refractivity contribution in [2.75, 3.05) is 0 Å². The number of ether oxygens (including phenoxy) is 4. The van der Waals surface area contributed by atoms with Gasteiger partial charge in [-0.05, 0) is 337 Å². The smallest absolute Gasteiger partial charge is 0.411 e. The van der Waals surface area contributed by atoms with Crippen LogP contribution in [0.15, 0.2) is 231 Å². The van der Waals surface area contributed by atoms with E-state index < -0.39 is 28.9 Å². The highest BCUT2D eigenvalue weighted by Crippen LogP contribution is 2.57. The van der Waals surface area contributed by atoms with E-state index in [4.69, 9.17) is 18.9 Å². The van der Waals surface area contributed by atoms with E-state index in [-0.39, 0.29) is 28.5 Å². The van der Waals surface area contributed by atoms with Gasteiger partial charge in [0, 0.05) is 37.4 Å². The van der Waals surface area contributed by atoms with Gasteiger partial charge in [-0.25, -0.2) is 0 Å². The molecule has 606 valence electrons. The average molecular weight is 1600 g/mol. The number of benzene rings is 11. The molecule has 2 aromatic heterocycles. The molecule has 117 heavy (non-hydrogen) atoms. The second-order valence-corrected chi connectivity index (χ2v) is 32.2. The number of nitrogens with zero attached hydrogens (tertiary/aromatic N) is 2. The van der Waals surface area contributed by atoms with Gasteiger partial charge in [0.05, 0.1) is 22.8 Å². The van der Waals surface area contributed by atoms with Crippen LogP contribution >= 0.6 is 11.3 Å². The van der Waals surface area contributed by atoms with Crippen LogP contribution in [0.25, 0.3) is 0 Å². The number of thiophene rings is 1. The van der Waals surface area contributed by atoms with Gasteiger partial charge >= 0.3 is 12.4 Å². The van der Waals surface area contributed by atoms with Gasteiger partial charge in [0.15, 0.2) is 11.6 Å². The van der Waals surface area contributed by atoms with E-state index in [1.54, 1.807) is 48.5 Å².